The Hall–Kier alpha value is -3.41. The van der Waals surface area contributed by atoms with E-state index in [1.54, 1.807) is 24.5 Å². The van der Waals surface area contributed by atoms with Gasteiger partial charge < -0.3 is 10.1 Å². The highest BCUT2D eigenvalue weighted by Gasteiger charge is 2.17. The molecule has 0 radical (unpaired) electrons. The standard InChI is InChI=1S/C24H20FN5OS/c25-32-30-22(18-4-7-27-21(11-18)14-26)12-19-15-28-24(13-23(19)30)29-20-3-1-2-17(10-20)16-5-8-31-9-6-16/h1-4,7,10-13,15-16H,5-6,8-9H2,(H,28,29). The summed E-state index contributed by atoms with van der Waals surface area (Å²) < 4.78 is 21.0. The molecule has 160 valence electrons. The third kappa shape index (κ3) is 4.05. The Morgan fingerprint density at radius 2 is 2.00 bits per heavy atom. The van der Waals surface area contributed by atoms with E-state index in [0.29, 0.717) is 22.9 Å². The summed E-state index contributed by atoms with van der Waals surface area (Å²) in [5.74, 6) is 1.14. The lowest BCUT2D eigenvalue weighted by molar-refractivity contribution is 0.0853. The van der Waals surface area contributed by atoms with E-state index < -0.39 is 0 Å². The molecule has 5 rings (SSSR count). The van der Waals surface area contributed by atoms with Gasteiger partial charge in [-0.2, -0.15) is 5.26 Å². The molecule has 0 spiro atoms. The van der Waals surface area contributed by atoms with Crippen LogP contribution in [0.3, 0.4) is 0 Å². The molecule has 0 unspecified atom stereocenters. The monoisotopic (exact) mass is 445 g/mol. The predicted octanol–water partition coefficient (Wildman–Crippen LogP) is 5.99. The van der Waals surface area contributed by atoms with Gasteiger partial charge in [-0.25, -0.2) is 9.97 Å². The molecule has 1 aromatic carbocycles. The fourth-order valence-corrected chi connectivity index (χ4v) is 4.59. The molecule has 0 saturated carbocycles. The zero-order valence-electron chi connectivity index (χ0n) is 17.2. The van der Waals surface area contributed by atoms with Crippen LogP contribution < -0.4 is 5.32 Å². The second-order valence-corrected chi connectivity index (χ2v) is 8.20. The number of fused-ring (bicyclic) bond motifs is 1. The number of hydrogen-bond acceptors (Lipinski definition) is 6. The molecular weight excluding hydrogens is 425 g/mol. The molecular formula is C24H20FN5OS. The molecule has 6 nitrogen and oxygen atoms in total. The molecule has 32 heavy (non-hydrogen) atoms. The SMILES string of the molecule is N#Cc1cc(-c2cc3cnc(Nc4cccc(C5CCOCC5)c4)cc3n2SF)ccn1. The molecule has 3 aromatic heterocycles. The molecule has 1 aliphatic heterocycles. The number of pyridine rings is 2. The molecule has 0 aliphatic carbocycles. The quantitative estimate of drug-likeness (QED) is 0.407. The molecule has 4 heterocycles. The maximum atomic E-state index is 14.0. The van der Waals surface area contributed by atoms with Crippen molar-refractivity contribution < 1.29 is 8.62 Å². The van der Waals surface area contributed by atoms with E-state index in [2.05, 4.69) is 27.4 Å². The van der Waals surface area contributed by atoms with Gasteiger partial charge in [0.15, 0.2) is 12.3 Å². The van der Waals surface area contributed by atoms with Crippen molar-refractivity contribution in [1.82, 2.24) is 13.9 Å². The van der Waals surface area contributed by atoms with Crippen LogP contribution in [0.25, 0.3) is 22.2 Å². The first-order chi connectivity index (χ1) is 15.7. The second-order valence-electron chi connectivity index (χ2n) is 7.70. The number of benzene rings is 1. The molecule has 1 saturated heterocycles. The zero-order valence-corrected chi connectivity index (χ0v) is 18.0. The van der Waals surface area contributed by atoms with Crippen molar-refractivity contribution in [3.63, 3.8) is 0 Å². The van der Waals surface area contributed by atoms with E-state index in [-0.39, 0.29) is 18.0 Å². The molecule has 1 N–H and O–H groups in total. The first-order valence-electron chi connectivity index (χ1n) is 10.4. The van der Waals surface area contributed by atoms with Crippen LogP contribution in [0.4, 0.5) is 15.4 Å². The smallest absolute Gasteiger partial charge is 0.170 e. The Balaban J connectivity index is 1.47. The van der Waals surface area contributed by atoms with Gasteiger partial charge in [0.25, 0.3) is 0 Å². The van der Waals surface area contributed by atoms with Gasteiger partial charge in [0.2, 0.25) is 0 Å². The summed E-state index contributed by atoms with van der Waals surface area (Å²) in [5.41, 5.74) is 4.58. The van der Waals surface area contributed by atoms with Gasteiger partial charge >= 0.3 is 0 Å². The Bertz CT molecular complexity index is 1310. The average Bonchev–Trinajstić information content (AvgIpc) is 3.23. The zero-order chi connectivity index (χ0) is 21.9. The van der Waals surface area contributed by atoms with E-state index in [1.165, 1.54) is 9.54 Å². The van der Waals surface area contributed by atoms with Crippen LogP contribution in [0.15, 0.2) is 60.9 Å². The summed E-state index contributed by atoms with van der Waals surface area (Å²) in [5, 5.41) is 13.3. The van der Waals surface area contributed by atoms with E-state index >= 15 is 0 Å². The summed E-state index contributed by atoms with van der Waals surface area (Å²) in [6.07, 6.45) is 5.33. The Kier molecular flexibility index (Phi) is 5.75. The molecule has 0 atom stereocenters. The summed E-state index contributed by atoms with van der Waals surface area (Å²) in [7, 11) is 0. The Morgan fingerprint density at radius 3 is 2.81 bits per heavy atom. The van der Waals surface area contributed by atoms with Gasteiger partial charge in [-0.15, -0.1) is 3.89 Å². The minimum absolute atomic E-state index is 0.122. The van der Waals surface area contributed by atoms with Crippen molar-refractivity contribution in [2.24, 2.45) is 0 Å². The molecule has 4 aromatic rings. The van der Waals surface area contributed by atoms with Crippen LogP contribution in [0.1, 0.15) is 30.0 Å². The van der Waals surface area contributed by atoms with Crippen LogP contribution in [-0.2, 0) is 4.74 Å². The van der Waals surface area contributed by atoms with Crippen LogP contribution in [0.5, 0.6) is 0 Å². The first-order valence-corrected chi connectivity index (χ1v) is 11.0. The number of halogens is 1. The van der Waals surface area contributed by atoms with Crippen molar-refractivity contribution in [1.29, 1.82) is 5.26 Å². The number of aromatic nitrogens is 3. The van der Waals surface area contributed by atoms with Gasteiger partial charge in [0.1, 0.15) is 17.6 Å². The van der Waals surface area contributed by atoms with E-state index in [9.17, 15) is 3.89 Å². The van der Waals surface area contributed by atoms with Crippen molar-refractivity contribution in [2.45, 2.75) is 18.8 Å². The molecule has 0 amide bonds. The van der Waals surface area contributed by atoms with Crippen LogP contribution in [0, 0.1) is 11.3 Å². The summed E-state index contributed by atoms with van der Waals surface area (Å²) in [4.78, 5) is 8.51. The van der Waals surface area contributed by atoms with E-state index in [1.807, 2.05) is 30.3 Å². The van der Waals surface area contributed by atoms with E-state index in [4.69, 9.17) is 10.00 Å². The average molecular weight is 446 g/mol. The first kappa shape index (κ1) is 20.5. The maximum Gasteiger partial charge on any atom is 0.170 e. The molecule has 8 heteroatoms. The highest BCUT2D eigenvalue weighted by molar-refractivity contribution is 7.93. The highest BCUT2D eigenvalue weighted by Crippen LogP contribution is 2.34. The van der Waals surface area contributed by atoms with Crippen LogP contribution in [-0.4, -0.2) is 27.2 Å². The fourth-order valence-electron chi connectivity index (χ4n) is 4.12. The molecule has 0 bridgehead atoms. The van der Waals surface area contributed by atoms with Crippen LogP contribution >= 0.6 is 12.3 Å². The van der Waals surface area contributed by atoms with Crippen molar-refractivity contribution in [3.05, 3.63) is 72.2 Å². The second kappa shape index (κ2) is 8.99. The van der Waals surface area contributed by atoms with E-state index in [0.717, 1.165) is 42.7 Å². The predicted molar refractivity (Wildman–Crippen MR) is 124 cm³/mol. The Labute approximate surface area is 189 Å². The van der Waals surface area contributed by atoms with Gasteiger partial charge in [0.05, 0.1) is 11.2 Å². The topological polar surface area (TPSA) is 75.8 Å². The summed E-state index contributed by atoms with van der Waals surface area (Å²) >= 11 is 0.122. The maximum absolute atomic E-state index is 14.0. The number of hydrogen-bond donors (Lipinski definition) is 1. The lowest BCUT2D eigenvalue weighted by atomic mass is 9.91. The minimum atomic E-state index is 0.122. The number of nitrogens with zero attached hydrogens (tertiary/aromatic N) is 4. The highest BCUT2D eigenvalue weighted by atomic mass is 32.2. The van der Waals surface area contributed by atoms with Gasteiger partial charge in [0, 0.05) is 48.3 Å². The van der Waals surface area contributed by atoms with Crippen LogP contribution in [0.2, 0.25) is 0 Å². The number of nitriles is 1. The van der Waals surface area contributed by atoms with Gasteiger partial charge in [-0.3, -0.25) is 3.97 Å². The van der Waals surface area contributed by atoms with Crippen molar-refractivity contribution in [2.75, 3.05) is 18.5 Å². The third-order valence-electron chi connectivity index (χ3n) is 5.73. The molecule has 1 aliphatic rings. The Morgan fingerprint density at radius 1 is 1.12 bits per heavy atom. The molecule has 1 fully saturated rings. The van der Waals surface area contributed by atoms with Crippen molar-refractivity contribution >= 4 is 34.7 Å². The summed E-state index contributed by atoms with van der Waals surface area (Å²) in [6.45, 7) is 1.60. The normalized spacial score (nSPS) is 14.4. The largest absolute Gasteiger partial charge is 0.381 e. The fraction of sp³-hybridized carbons (Fsp3) is 0.208. The van der Waals surface area contributed by atoms with Crippen molar-refractivity contribution in [3.8, 4) is 17.3 Å². The number of ether oxygens (including phenoxy) is 1. The minimum Gasteiger partial charge on any atom is -0.381 e. The number of rotatable bonds is 5. The van der Waals surface area contributed by atoms with Gasteiger partial charge in [-0.1, -0.05) is 12.1 Å². The third-order valence-corrected chi connectivity index (χ3v) is 6.26. The lowest BCUT2D eigenvalue weighted by Crippen LogP contribution is -2.14. The van der Waals surface area contributed by atoms with Gasteiger partial charge in [-0.05, 0) is 54.7 Å². The summed E-state index contributed by atoms with van der Waals surface area (Å²) in [6, 6.07) is 17.5. The lowest BCUT2D eigenvalue weighted by Gasteiger charge is -2.22. The number of anilines is 2. The number of nitrogens with one attached hydrogen (secondary N) is 1.